The molecule has 1 aromatic heterocycles. The fraction of sp³-hybridized carbons (Fsp3) is 0.0588. The van der Waals surface area contributed by atoms with Gasteiger partial charge in [-0.1, -0.05) is 24.3 Å². The molecule has 8 heteroatoms. The van der Waals surface area contributed by atoms with Crippen LogP contribution in [0, 0.1) is 5.82 Å². The van der Waals surface area contributed by atoms with Crippen LogP contribution in [0.15, 0.2) is 59.5 Å². The van der Waals surface area contributed by atoms with Crippen molar-refractivity contribution >= 4 is 10.7 Å². The van der Waals surface area contributed by atoms with Crippen molar-refractivity contribution < 1.29 is 17.9 Å². The van der Waals surface area contributed by atoms with E-state index in [1.54, 1.807) is 24.3 Å². The zero-order chi connectivity index (χ0) is 18.0. The minimum Gasteiger partial charge on any atom is -0.503 e. The number of aromatic hydroxyl groups is 1. The molecule has 3 rings (SSSR count). The van der Waals surface area contributed by atoms with Crippen LogP contribution in [0.2, 0.25) is 0 Å². The summed E-state index contributed by atoms with van der Waals surface area (Å²) in [6.45, 7) is 0. The van der Waals surface area contributed by atoms with Crippen molar-refractivity contribution in [3.05, 3.63) is 76.5 Å². The third kappa shape index (κ3) is 3.58. The largest absolute Gasteiger partial charge is 0.503 e. The van der Waals surface area contributed by atoms with E-state index in [1.807, 2.05) is 0 Å². The van der Waals surface area contributed by atoms with Gasteiger partial charge in [-0.15, -0.1) is 0 Å². The van der Waals surface area contributed by atoms with Gasteiger partial charge in [0, 0.05) is 5.56 Å². The molecular formula is C17H13FN2O4S. The van der Waals surface area contributed by atoms with E-state index >= 15 is 0 Å². The predicted molar refractivity (Wildman–Crippen MR) is 90.9 cm³/mol. The van der Waals surface area contributed by atoms with Crippen LogP contribution >= 0.6 is 0 Å². The maximum absolute atomic E-state index is 13.0. The molecule has 2 aromatic carbocycles. The number of hydrogen-bond donors (Lipinski definition) is 2. The minimum absolute atomic E-state index is 0.0774. The fourth-order valence-corrected chi connectivity index (χ4v) is 2.87. The maximum atomic E-state index is 13.0. The normalized spacial score (nSPS) is 11.0. The third-order valence-corrected chi connectivity index (χ3v) is 4.22. The van der Waals surface area contributed by atoms with Crippen molar-refractivity contribution in [2.75, 3.05) is 0 Å². The smallest absolute Gasteiger partial charge is 0.314 e. The van der Waals surface area contributed by atoms with Gasteiger partial charge in [-0.3, -0.25) is 4.79 Å². The fourth-order valence-electron chi connectivity index (χ4n) is 2.36. The number of rotatable bonds is 4. The first kappa shape index (κ1) is 16.8. The van der Waals surface area contributed by atoms with Crippen molar-refractivity contribution in [2.45, 2.75) is 5.75 Å². The SMILES string of the molecule is O=c1c(O)c(-c2ccc(C[SH](=O)=O)cc2)cnn1-c1ccc(F)cc1. The van der Waals surface area contributed by atoms with E-state index in [0.717, 1.165) is 4.68 Å². The second-order valence-electron chi connectivity index (χ2n) is 5.29. The average Bonchev–Trinajstić information content (AvgIpc) is 2.59. The molecule has 6 nitrogen and oxygen atoms in total. The van der Waals surface area contributed by atoms with E-state index in [1.165, 1.54) is 30.5 Å². The number of hydrogen-bond acceptors (Lipinski definition) is 5. The summed E-state index contributed by atoms with van der Waals surface area (Å²) in [5.41, 5.74) is 0.935. The van der Waals surface area contributed by atoms with Gasteiger partial charge in [0.05, 0.1) is 17.6 Å². The molecule has 0 aliphatic heterocycles. The van der Waals surface area contributed by atoms with Crippen molar-refractivity contribution in [3.8, 4) is 22.6 Å². The van der Waals surface area contributed by atoms with Crippen LogP contribution in [0.4, 0.5) is 4.39 Å². The van der Waals surface area contributed by atoms with Gasteiger partial charge in [0.1, 0.15) is 16.5 Å². The average molecular weight is 360 g/mol. The van der Waals surface area contributed by atoms with E-state index in [9.17, 15) is 22.7 Å². The second-order valence-corrected chi connectivity index (χ2v) is 6.27. The highest BCUT2D eigenvalue weighted by Crippen LogP contribution is 2.26. The first-order valence-electron chi connectivity index (χ1n) is 7.24. The van der Waals surface area contributed by atoms with Crippen LogP contribution in [-0.4, -0.2) is 23.3 Å². The molecule has 1 heterocycles. The molecule has 0 unspecified atom stereocenters. The molecule has 0 aliphatic carbocycles. The molecule has 0 saturated carbocycles. The first-order valence-corrected chi connectivity index (χ1v) is 8.60. The topological polar surface area (TPSA) is 89.3 Å². The van der Waals surface area contributed by atoms with Gasteiger partial charge in [-0.05, 0) is 35.4 Å². The monoisotopic (exact) mass is 360 g/mol. The van der Waals surface area contributed by atoms with Gasteiger partial charge in [0.2, 0.25) is 0 Å². The van der Waals surface area contributed by atoms with Crippen LogP contribution in [0.1, 0.15) is 5.56 Å². The van der Waals surface area contributed by atoms with E-state index < -0.39 is 27.8 Å². The number of benzene rings is 2. The lowest BCUT2D eigenvalue weighted by Crippen LogP contribution is -2.20. The second kappa shape index (κ2) is 6.86. The summed E-state index contributed by atoms with van der Waals surface area (Å²) >= 11 is 0. The van der Waals surface area contributed by atoms with Crippen molar-refractivity contribution in [1.82, 2.24) is 9.78 Å². The lowest BCUT2D eigenvalue weighted by molar-refractivity contribution is 0.461. The van der Waals surface area contributed by atoms with Crippen LogP contribution < -0.4 is 5.56 Å². The Morgan fingerprint density at radius 1 is 1.04 bits per heavy atom. The Labute approximate surface area is 143 Å². The first-order chi connectivity index (χ1) is 12.0. The summed E-state index contributed by atoms with van der Waals surface area (Å²) in [5.74, 6) is -1.02. The Hall–Kier alpha value is -3.00. The molecule has 0 saturated heterocycles. The highest BCUT2D eigenvalue weighted by atomic mass is 32.2. The Morgan fingerprint density at radius 2 is 1.68 bits per heavy atom. The summed E-state index contributed by atoms with van der Waals surface area (Å²) in [7, 11) is -2.53. The van der Waals surface area contributed by atoms with Gasteiger partial charge < -0.3 is 5.11 Å². The molecule has 0 radical (unpaired) electrons. The van der Waals surface area contributed by atoms with Gasteiger partial charge in [-0.2, -0.15) is 9.78 Å². The van der Waals surface area contributed by atoms with E-state index in [0.29, 0.717) is 16.8 Å². The molecule has 1 N–H and O–H groups in total. The highest BCUT2D eigenvalue weighted by Gasteiger charge is 2.13. The maximum Gasteiger partial charge on any atom is 0.314 e. The van der Waals surface area contributed by atoms with Crippen LogP contribution in [0.25, 0.3) is 16.8 Å². The predicted octanol–water partition coefficient (Wildman–Crippen LogP) is 1.86. The molecule has 3 aromatic rings. The number of aromatic nitrogens is 2. The van der Waals surface area contributed by atoms with E-state index in [2.05, 4.69) is 5.10 Å². The molecule has 25 heavy (non-hydrogen) atoms. The zero-order valence-corrected chi connectivity index (χ0v) is 13.7. The molecule has 0 atom stereocenters. The van der Waals surface area contributed by atoms with Crippen LogP contribution in [0.3, 0.4) is 0 Å². The molecule has 0 fully saturated rings. The van der Waals surface area contributed by atoms with Gasteiger partial charge in [-0.25, -0.2) is 12.8 Å². The lowest BCUT2D eigenvalue weighted by Gasteiger charge is -2.09. The summed E-state index contributed by atoms with van der Waals surface area (Å²) in [5, 5.41) is 14.2. The molecule has 0 amide bonds. The van der Waals surface area contributed by atoms with E-state index in [-0.39, 0.29) is 11.3 Å². The van der Waals surface area contributed by atoms with Gasteiger partial charge >= 0.3 is 5.56 Å². The molecule has 0 bridgehead atoms. The summed E-state index contributed by atoms with van der Waals surface area (Å²) in [6.07, 6.45) is 1.32. The quantitative estimate of drug-likeness (QED) is 0.693. The molecule has 128 valence electrons. The Bertz CT molecular complexity index is 1030. The van der Waals surface area contributed by atoms with Crippen molar-refractivity contribution in [1.29, 1.82) is 0 Å². The number of thiol groups is 1. The van der Waals surface area contributed by atoms with E-state index in [4.69, 9.17) is 0 Å². The van der Waals surface area contributed by atoms with Crippen molar-refractivity contribution in [2.24, 2.45) is 0 Å². The van der Waals surface area contributed by atoms with Crippen LogP contribution in [-0.2, 0) is 16.5 Å². The number of nitrogens with zero attached hydrogens (tertiary/aromatic N) is 2. The Morgan fingerprint density at radius 3 is 2.28 bits per heavy atom. The summed E-state index contributed by atoms with van der Waals surface area (Å²) in [6, 6.07) is 11.5. The Balaban J connectivity index is 2.00. The van der Waals surface area contributed by atoms with Crippen molar-refractivity contribution in [3.63, 3.8) is 0 Å². The highest BCUT2D eigenvalue weighted by molar-refractivity contribution is 7.71. The lowest BCUT2D eigenvalue weighted by atomic mass is 10.1. The number of halogens is 1. The van der Waals surface area contributed by atoms with Gasteiger partial charge in [0.25, 0.3) is 0 Å². The zero-order valence-electron chi connectivity index (χ0n) is 12.8. The standard InChI is InChI=1S/C17H13FN2O4S/c18-13-5-7-14(8-6-13)20-17(22)16(21)15(9-19-20)12-3-1-11(2-4-12)10-25(23)24/h1-9,21,25H,10H2. The minimum atomic E-state index is -2.53. The summed E-state index contributed by atoms with van der Waals surface area (Å²) < 4.78 is 35.4. The van der Waals surface area contributed by atoms with Gasteiger partial charge in [0.15, 0.2) is 5.75 Å². The summed E-state index contributed by atoms with van der Waals surface area (Å²) in [4.78, 5) is 12.3. The molecule has 0 aliphatic rings. The third-order valence-electron chi connectivity index (χ3n) is 3.60. The molecular weight excluding hydrogens is 347 g/mol. The van der Waals surface area contributed by atoms with Crippen LogP contribution in [0.5, 0.6) is 5.75 Å². The molecule has 0 spiro atoms. The Kier molecular flexibility index (Phi) is 4.62.